The number of unbranched alkanes of at least 4 members (excludes halogenated alkanes) is 1. The number of amides is 1. The molecule has 3 rings (SSSR count). The minimum absolute atomic E-state index is 0.00737. The van der Waals surface area contributed by atoms with Crippen LogP contribution in [0.5, 0.6) is 11.5 Å². The van der Waals surface area contributed by atoms with Crippen LogP contribution in [0, 0.1) is 6.92 Å². The van der Waals surface area contributed by atoms with Crippen molar-refractivity contribution in [3.8, 4) is 22.8 Å². The van der Waals surface area contributed by atoms with E-state index in [1.807, 2.05) is 25.1 Å². The van der Waals surface area contributed by atoms with Gasteiger partial charge in [0.1, 0.15) is 11.5 Å². The van der Waals surface area contributed by atoms with Crippen LogP contribution < -0.4 is 0 Å². The van der Waals surface area contributed by atoms with Crippen LogP contribution in [0.1, 0.15) is 44.1 Å². The van der Waals surface area contributed by atoms with Crippen molar-refractivity contribution in [2.75, 3.05) is 25.1 Å². The Bertz CT molecular complexity index is 1280. The van der Waals surface area contributed by atoms with Crippen molar-refractivity contribution in [2.45, 2.75) is 64.1 Å². The molecule has 0 aliphatic carbocycles. The Morgan fingerprint density at radius 1 is 0.925 bits per heavy atom. The molecule has 0 bridgehead atoms. The normalized spacial score (nSPS) is 12.3. The minimum atomic E-state index is -5.51. The van der Waals surface area contributed by atoms with Gasteiger partial charge in [-0.1, -0.05) is 0 Å². The van der Waals surface area contributed by atoms with Crippen LogP contribution in [0.25, 0.3) is 22.2 Å². The highest BCUT2D eigenvalue weighted by Gasteiger charge is 2.56. The smallest absolute Gasteiger partial charge is 0.453 e. The predicted molar refractivity (Wildman–Crippen MR) is 149 cm³/mol. The summed E-state index contributed by atoms with van der Waals surface area (Å²) < 4.78 is 64.6. The first-order valence-corrected chi connectivity index (χ1v) is 14.3. The number of alkyl halides is 5. The van der Waals surface area contributed by atoms with E-state index in [2.05, 4.69) is 4.57 Å². The lowest BCUT2D eigenvalue weighted by Gasteiger charge is -2.19. The first-order chi connectivity index (χ1) is 18.8. The topological polar surface area (TPSA) is 65.7 Å². The van der Waals surface area contributed by atoms with E-state index in [1.54, 1.807) is 36.2 Å². The molecule has 0 spiro atoms. The van der Waals surface area contributed by atoms with E-state index < -0.39 is 18.5 Å². The third-order valence-corrected chi connectivity index (χ3v) is 8.02. The Labute approximate surface area is 235 Å². The molecule has 1 aromatic heterocycles. The third-order valence-electron chi connectivity index (χ3n) is 6.87. The number of aromatic hydroxyl groups is 2. The standard InChI is InChI=1S/C29H35F5N2O3S/c1-20-24-19-23(38)12-13-25(24)36(27(20)21-8-10-22(37)11-9-21)16-4-3-7-26(39)35(2)15-6-18-40-17-5-14-28(30,31)29(32,33)34/h8-13,19,37-38H,3-7,14-18H2,1-2H3. The highest BCUT2D eigenvalue weighted by molar-refractivity contribution is 7.99. The Hall–Kier alpha value is -2.95. The van der Waals surface area contributed by atoms with Crippen molar-refractivity contribution in [3.05, 3.63) is 48.0 Å². The van der Waals surface area contributed by atoms with Gasteiger partial charge < -0.3 is 19.7 Å². The number of aromatic nitrogens is 1. The van der Waals surface area contributed by atoms with Crippen molar-refractivity contribution in [1.29, 1.82) is 0 Å². The lowest BCUT2D eigenvalue weighted by molar-refractivity contribution is -0.284. The van der Waals surface area contributed by atoms with E-state index in [-0.39, 0.29) is 29.6 Å². The van der Waals surface area contributed by atoms with Gasteiger partial charge in [0.25, 0.3) is 0 Å². The number of halogens is 5. The average molecular weight is 587 g/mol. The molecule has 0 aliphatic rings. The Morgan fingerprint density at radius 2 is 1.57 bits per heavy atom. The van der Waals surface area contributed by atoms with E-state index in [0.717, 1.165) is 34.1 Å². The van der Waals surface area contributed by atoms with E-state index in [4.69, 9.17) is 0 Å². The fourth-order valence-corrected chi connectivity index (χ4v) is 5.53. The summed E-state index contributed by atoms with van der Waals surface area (Å²) >= 11 is 1.31. The van der Waals surface area contributed by atoms with Gasteiger partial charge in [-0.2, -0.15) is 33.7 Å². The third kappa shape index (κ3) is 8.05. The molecule has 220 valence electrons. The second-order valence-electron chi connectivity index (χ2n) is 9.92. The number of carbonyl (C=O) groups is 1. The Kier molecular flexibility index (Phi) is 10.7. The maximum atomic E-state index is 12.9. The molecule has 3 aromatic rings. The van der Waals surface area contributed by atoms with Gasteiger partial charge in [-0.15, -0.1) is 0 Å². The molecule has 2 N–H and O–H groups in total. The zero-order chi connectivity index (χ0) is 29.5. The fraction of sp³-hybridized carbons (Fsp3) is 0.483. The summed E-state index contributed by atoms with van der Waals surface area (Å²) in [4.78, 5) is 14.2. The van der Waals surface area contributed by atoms with Crippen molar-refractivity contribution in [1.82, 2.24) is 9.47 Å². The van der Waals surface area contributed by atoms with Crippen LogP contribution in [0.2, 0.25) is 0 Å². The zero-order valence-electron chi connectivity index (χ0n) is 22.6. The maximum Gasteiger partial charge on any atom is 0.453 e. The number of rotatable bonds is 14. The minimum Gasteiger partial charge on any atom is -0.508 e. The number of phenolic OH excluding ortho intramolecular Hbond substituents is 2. The molecule has 0 saturated carbocycles. The van der Waals surface area contributed by atoms with Gasteiger partial charge in [0.05, 0.1) is 5.69 Å². The summed E-state index contributed by atoms with van der Waals surface area (Å²) in [5, 5.41) is 20.7. The van der Waals surface area contributed by atoms with Crippen LogP contribution in [-0.4, -0.2) is 62.8 Å². The van der Waals surface area contributed by atoms with Gasteiger partial charge in [-0.05, 0) is 97.7 Å². The van der Waals surface area contributed by atoms with Gasteiger partial charge in [0, 0.05) is 43.9 Å². The van der Waals surface area contributed by atoms with Crippen LogP contribution in [0.15, 0.2) is 42.5 Å². The number of nitrogens with zero attached hydrogens (tertiary/aromatic N) is 2. The highest BCUT2D eigenvalue weighted by atomic mass is 32.2. The summed E-state index contributed by atoms with van der Waals surface area (Å²) in [6.07, 6.45) is -4.54. The molecule has 0 fully saturated rings. The van der Waals surface area contributed by atoms with Crippen LogP contribution in [-0.2, 0) is 11.3 Å². The van der Waals surface area contributed by atoms with Crippen molar-refractivity contribution < 1.29 is 37.0 Å². The number of hydrogen-bond donors (Lipinski definition) is 2. The second kappa shape index (κ2) is 13.6. The Morgan fingerprint density at radius 3 is 2.25 bits per heavy atom. The van der Waals surface area contributed by atoms with Gasteiger partial charge in [0.2, 0.25) is 5.91 Å². The van der Waals surface area contributed by atoms with Gasteiger partial charge in [0.15, 0.2) is 0 Å². The number of hydrogen-bond acceptors (Lipinski definition) is 4. The molecular weight excluding hydrogens is 551 g/mol. The molecule has 0 atom stereocenters. The number of phenols is 2. The highest BCUT2D eigenvalue weighted by Crippen LogP contribution is 2.39. The number of thioether (sulfide) groups is 1. The number of benzene rings is 2. The average Bonchev–Trinajstić information content (AvgIpc) is 3.16. The molecule has 11 heteroatoms. The van der Waals surface area contributed by atoms with Crippen molar-refractivity contribution in [3.63, 3.8) is 0 Å². The number of aryl methyl sites for hydroxylation is 2. The molecule has 0 saturated heterocycles. The summed E-state index contributed by atoms with van der Waals surface area (Å²) in [5.74, 6) is -3.52. The van der Waals surface area contributed by atoms with Crippen molar-refractivity contribution in [2.24, 2.45) is 0 Å². The fourth-order valence-electron chi connectivity index (χ4n) is 4.64. The van der Waals surface area contributed by atoms with Crippen LogP contribution in [0.4, 0.5) is 22.0 Å². The second-order valence-corrected chi connectivity index (χ2v) is 11.1. The molecule has 1 amide bonds. The van der Waals surface area contributed by atoms with E-state index in [1.165, 1.54) is 11.8 Å². The molecule has 5 nitrogen and oxygen atoms in total. The van der Waals surface area contributed by atoms with Gasteiger partial charge >= 0.3 is 12.1 Å². The SMILES string of the molecule is Cc1c(-c2ccc(O)cc2)n(CCCCC(=O)N(C)CCCSCCCC(F)(F)C(F)(F)F)c2ccc(O)cc12. The van der Waals surface area contributed by atoms with E-state index >= 15 is 0 Å². The molecule has 0 radical (unpaired) electrons. The quantitative estimate of drug-likeness (QED) is 0.150. The molecular formula is C29H35F5N2O3S. The van der Waals surface area contributed by atoms with Crippen LogP contribution >= 0.6 is 11.8 Å². The number of carbonyl (C=O) groups excluding carboxylic acids is 1. The zero-order valence-corrected chi connectivity index (χ0v) is 23.4. The monoisotopic (exact) mass is 586 g/mol. The van der Waals surface area contributed by atoms with E-state index in [0.29, 0.717) is 38.1 Å². The molecule has 0 aliphatic heterocycles. The molecule has 1 heterocycles. The van der Waals surface area contributed by atoms with Crippen molar-refractivity contribution >= 4 is 28.6 Å². The summed E-state index contributed by atoms with van der Waals surface area (Å²) in [5.41, 5.74) is 3.91. The first-order valence-electron chi connectivity index (χ1n) is 13.2. The largest absolute Gasteiger partial charge is 0.508 e. The first kappa shape index (κ1) is 31.6. The molecule has 0 unspecified atom stereocenters. The maximum absolute atomic E-state index is 12.9. The van der Waals surface area contributed by atoms with E-state index in [9.17, 15) is 37.0 Å². The van der Waals surface area contributed by atoms with Gasteiger partial charge in [-0.3, -0.25) is 4.79 Å². The molecule has 40 heavy (non-hydrogen) atoms. The predicted octanol–water partition coefficient (Wildman–Crippen LogP) is 7.76. The summed E-state index contributed by atoms with van der Waals surface area (Å²) in [7, 11) is 1.70. The Balaban J connectivity index is 1.45. The summed E-state index contributed by atoms with van der Waals surface area (Å²) in [6.45, 7) is 3.14. The molecule has 2 aromatic carbocycles. The summed E-state index contributed by atoms with van der Waals surface area (Å²) in [6, 6.07) is 12.2. The lowest BCUT2D eigenvalue weighted by atomic mass is 10.1. The number of fused-ring (bicyclic) bond motifs is 1. The van der Waals surface area contributed by atoms with Crippen LogP contribution in [0.3, 0.4) is 0 Å². The van der Waals surface area contributed by atoms with Gasteiger partial charge in [-0.25, -0.2) is 0 Å². The lowest BCUT2D eigenvalue weighted by Crippen LogP contribution is -2.36.